The van der Waals surface area contributed by atoms with E-state index >= 15 is 0 Å². The third-order valence-electron chi connectivity index (χ3n) is 3.05. The van der Waals surface area contributed by atoms with Gasteiger partial charge in [0, 0.05) is 32.3 Å². The van der Waals surface area contributed by atoms with Gasteiger partial charge >= 0.3 is 0 Å². The molecule has 0 unspecified atom stereocenters. The van der Waals surface area contributed by atoms with Crippen LogP contribution in [0.2, 0.25) is 0 Å². The van der Waals surface area contributed by atoms with Gasteiger partial charge in [0.15, 0.2) is 5.96 Å². The number of carbonyl (C=O) groups excluding carboxylic acids is 1. The summed E-state index contributed by atoms with van der Waals surface area (Å²) in [5.74, 6) is 1.14. The summed E-state index contributed by atoms with van der Waals surface area (Å²) in [5.41, 5.74) is 0.956. The van der Waals surface area contributed by atoms with Gasteiger partial charge in [-0.2, -0.15) is 0 Å². The van der Waals surface area contributed by atoms with Crippen molar-refractivity contribution in [3.63, 3.8) is 0 Å². The SMILES string of the molecule is CN=C(NCCNC(=O)C1CC1)NCc1ccccn1. The van der Waals surface area contributed by atoms with E-state index in [2.05, 4.69) is 25.9 Å². The molecular weight excluding hydrogens is 254 g/mol. The van der Waals surface area contributed by atoms with Crippen molar-refractivity contribution >= 4 is 11.9 Å². The Kier molecular flexibility index (Phi) is 5.34. The molecule has 0 radical (unpaired) electrons. The highest BCUT2D eigenvalue weighted by Crippen LogP contribution is 2.28. The molecule has 0 spiro atoms. The van der Waals surface area contributed by atoms with Crippen LogP contribution in [0, 0.1) is 5.92 Å². The molecular formula is C14H21N5O. The molecule has 108 valence electrons. The molecule has 1 amide bonds. The molecule has 20 heavy (non-hydrogen) atoms. The van der Waals surface area contributed by atoms with Crippen LogP contribution in [0.25, 0.3) is 0 Å². The van der Waals surface area contributed by atoms with Crippen LogP contribution in [0.5, 0.6) is 0 Å². The molecule has 1 heterocycles. The van der Waals surface area contributed by atoms with Crippen molar-refractivity contribution in [2.24, 2.45) is 10.9 Å². The fraction of sp³-hybridized carbons (Fsp3) is 0.500. The Bertz CT molecular complexity index is 456. The smallest absolute Gasteiger partial charge is 0.223 e. The van der Waals surface area contributed by atoms with Crippen LogP contribution >= 0.6 is 0 Å². The number of rotatable bonds is 6. The third kappa shape index (κ3) is 4.87. The first-order valence-corrected chi connectivity index (χ1v) is 6.91. The monoisotopic (exact) mass is 275 g/mol. The van der Waals surface area contributed by atoms with Crippen LogP contribution in [0.15, 0.2) is 29.4 Å². The highest BCUT2D eigenvalue weighted by atomic mass is 16.2. The van der Waals surface area contributed by atoms with Crippen LogP contribution in [-0.2, 0) is 11.3 Å². The second-order valence-corrected chi connectivity index (χ2v) is 4.74. The molecule has 0 aromatic carbocycles. The zero-order chi connectivity index (χ0) is 14.2. The molecule has 1 fully saturated rings. The van der Waals surface area contributed by atoms with E-state index in [9.17, 15) is 4.79 Å². The number of guanidine groups is 1. The number of carbonyl (C=O) groups is 1. The Morgan fingerprint density at radius 3 is 2.75 bits per heavy atom. The lowest BCUT2D eigenvalue weighted by Gasteiger charge is -2.12. The lowest BCUT2D eigenvalue weighted by Crippen LogP contribution is -2.41. The first-order chi connectivity index (χ1) is 9.79. The minimum Gasteiger partial charge on any atom is -0.355 e. The van der Waals surface area contributed by atoms with Gasteiger partial charge in [0.05, 0.1) is 12.2 Å². The van der Waals surface area contributed by atoms with E-state index in [0.29, 0.717) is 25.6 Å². The second kappa shape index (κ2) is 7.47. The molecule has 0 saturated heterocycles. The minimum absolute atomic E-state index is 0.170. The van der Waals surface area contributed by atoms with Gasteiger partial charge in [0.25, 0.3) is 0 Å². The lowest BCUT2D eigenvalue weighted by molar-refractivity contribution is -0.122. The topological polar surface area (TPSA) is 78.4 Å². The first-order valence-electron chi connectivity index (χ1n) is 6.91. The highest BCUT2D eigenvalue weighted by Gasteiger charge is 2.28. The van der Waals surface area contributed by atoms with Crippen LogP contribution in [-0.4, -0.2) is 37.0 Å². The Labute approximate surface area is 119 Å². The number of amides is 1. The molecule has 6 nitrogen and oxygen atoms in total. The lowest BCUT2D eigenvalue weighted by atomic mass is 10.3. The average molecular weight is 275 g/mol. The number of nitrogens with one attached hydrogen (secondary N) is 3. The van der Waals surface area contributed by atoms with E-state index < -0.39 is 0 Å². The summed E-state index contributed by atoms with van der Waals surface area (Å²) in [6, 6.07) is 5.79. The fourth-order valence-corrected chi connectivity index (χ4v) is 1.75. The third-order valence-corrected chi connectivity index (χ3v) is 3.05. The van der Waals surface area contributed by atoms with Crippen molar-refractivity contribution in [3.8, 4) is 0 Å². The van der Waals surface area contributed by atoms with E-state index in [1.165, 1.54) is 0 Å². The summed E-state index contributed by atoms with van der Waals surface area (Å²) < 4.78 is 0. The Hall–Kier alpha value is -2.11. The van der Waals surface area contributed by atoms with Gasteiger partial charge in [0.2, 0.25) is 5.91 Å². The van der Waals surface area contributed by atoms with Gasteiger partial charge in [0.1, 0.15) is 0 Å². The summed E-state index contributed by atoms with van der Waals surface area (Å²) in [4.78, 5) is 19.8. The Morgan fingerprint density at radius 1 is 1.30 bits per heavy atom. The molecule has 0 aliphatic heterocycles. The second-order valence-electron chi connectivity index (χ2n) is 4.74. The number of pyridine rings is 1. The minimum atomic E-state index is 0.170. The quantitative estimate of drug-likeness (QED) is 0.396. The van der Waals surface area contributed by atoms with Crippen molar-refractivity contribution in [3.05, 3.63) is 30.1 Å². The number of aliphatic imine (C=N–C) groups is 1. The zero-order valence-electron chi connectivity index (χ0n) is 11.7. The molecule has 1 aromatic heterocycles. The summed E-state index contributed by atoms with van der Waals surface area (Å²) in [7, 11) is 1.72. The number of nitrogens with zero attached hydrogens (tertiary/aromatic N) is 2. The summed E-state index contributed by atoms with van der Waals surface area (Å²) >= 11 is 0. The zero-order valence-corrected chi connectivity index (χ0v) is 11.7. The molecule has 1 saturated carbocycles. The molecule has 6 heteroatoms. The molecule has 1 aliphatic rings. The normalized spacial score (nSPS) is 14.8. The van der Waals surface area contributed by atoms with Crippen molar-refractivity contribution in [1.82, 2.24) is 20.9 Å². The highest BCUT2D eigenvalue weighted by molar-refractivity contribution is 5.81. The van der Waals surface area contributed by atoms with E-state index in [1.807, 2.05) is 18.2 Å². The maximum atomic E-state index is 11.4. The van der Waals surface area contributed by atoms with Crippen LogP contribution in [0.1, 0.15) is 18.5 Å². The van der Waals surface area contributed by atoms with Crippen molar-refractivity contribution in [1.29, 1.82) is 0 Å². The summed E-state index contributed by atoms with van der Waals surface area (Å²) in [6.07, 6.45) is 3.83. The van der Waals surface area contributed by atoms with Gasteiger partial charge in [-0.15, -0.1) is 0 Å². The van der Waals surface area contributed by atoms with Crippen LogP contribution < -0.4 is 16.0 Å². The Balaban J connectivity index is 1.61. The predicted octanol–water partition coefficient (Wildman–Crippen LogP) is 0.273. The number of aromatic nitrogens is 1. The van der Waals surface area contributed by atoms with Crippen LogP contribution in [0.4, 0.5) is 0 Å². The molecule has 1 aliphatic carbocycles. The molecule has 2 rings (SSSR count). The standard InChI is InChI=1S/C14H21N5O/c1-15-14(19-10-12-4-2-3-7-16-12)18-9-8-17-13(20)11-5-6-11/h2-4,7,11H,5-6,8-10H2,1H3,(H,17,20)(H2,15,18,19). The molecule has 3 N–H and O–H groups in total. The number of hydrogen-bond acceptors (Lipinski definition) is 3. The maximum absolute atomic E-state index is 11.4. The maximum Gasteiger partial charge on any atom is 0.223 e. The molecule has 0 atom stereocenters. The van der Waals surface area contributed by atoms with Crippen molar-refractivity contribution in [2.45, 2.75) is 19.4 Å². The number of hydrogen-bond donors (Lipinski definition) is 3. The van der Waals surface area contributed by atoms with Gasteiger partial charge in [-0.05, 0) is 25.0 Å². The van der Waals surface area contributed by atoms with Crippen LogP contribution in [0.3, 0.4) is 0 Å². The van der Waals surface area contributed by atoms with Gasteiger partial charge in [-0.1, -0.05) is 6.07 Å². The van der Waals surface area contributed by atoms with E-state index in [-0.39, 0.29) is 11.8 Å². The molecule has 0 bridgehead atoms. The fourth-order valence-electron chi connectivity index (χ4n) is 1.75. The Morgan fingerprint density at radius 2 is 2.10 bits per heavy atom. The van der Waals surface area contributed by atoms with Gasteiger partial charge in [-0.3, -0.25) is 14.8 Å². The van der Waals surface area contributed by atoms with Gasteiger partial charge < -0.3 is 16.0 Å². The summed E-state index contributed by atoms with van der Waals surface area (Å²) in [5, 5.41) is 9.22. The van der Waals surface area contributed by atoms with Crippen molar-refractivity contribution < 1.29 is 4.79 Å². The van der Waals surface area contributed by atoms with E-state index in [1.54, 1.807) is 13.2 Å². The van der Waals surface area contributed by atoms with Crippen molar-refractivity contribution in [2.75, 3.05) is 20.1 Å². The van der Waals surface area contributed by atoms with E-state index in [4.69, 9.17) is 0 Å². The van der Waals surface area contributed by atoms with Gasteiger partial charge in [-0.25, -0.2) is 0 Å². The predicted molar refractivity (Wildman–Crippen MR) is 78.2 cm³/mol. The average Bonchev–Trinajstić information content (AvgIpc) is 3.32. The largest absolute Gasteiger partial charge is 0.355 e. The molecule has 1 aromatic rings. The first kappa shape index (κ1) is 14.3. The summed E-state index contributed by atoms with van der Waals surface area (Å²) in [6.45, 7) is 1.88. The van der Waals surface area contributed by atoms with E-state index in [0.717, 1.165) is 18.5 Å².